The van der Waals surface area contributed by atoms with Gasteiger partial charge < -0.3 is 25.4 Å². The molecule has 28 heavy (non-hydrogen) atoms. The number of nitrogens with one attached hydrogen (secondary N) is 2. The molecule has 2 aliphatic rings. The first-order valence-corrected chi connectivity index (χ1v) is 11.4. The molecule has 2 aliphatic heterocycles. The van der Waals surface area contributed by atoms with Crippen molar-refractivity contribution in [2.75, 3.05) is 27.3 Å². The fraction of sp³-hybridized carbons (Fsp3) is 0.412. The third-order valence-corrected chi connectivity index (χ3v) is 8.70. The van der Waals surface area contributed by atoms with E-state index in [9.17, 15) is 0 Å². The van der Waals surface area contributed by atoms with Gasteiger partial charge in [-0.05, 0) is 70.8 Å². The third-order valence-electron chi connectivity index (χ3n) is 4.48. The second-order valence-electron chi connectivity index (χ2n) is 5.83. The van der Waals surface area contributed by atoms with E-state index in [1.807, 2.05) is 0 Å². The molecule has 0 aromatic heterocycles. The van der Waals surface area contributed by atoms with E-state index in [0.717, 1.165) is 58.6 Å². The van der Waals surface area contributed by atoms with Crippen molar-refractivity contribution in [2.24, 2.45) is 10.7 Å². The summed E-state index contributed by atoms with van der Waals surface area (Å²) in [6.07, 6.45) is -0.442. The SMILES string of the molecule is CCN(CC)C1=NC(=N)/C(=C2\NC(N)c3c(OC)c(I)c(I)c(OC)c32)S1.Cl. The Morgan fingerprint density at radius 1 is 1.18 bits per heavy atom. The Balaban J connectivity index is 0.00000280. The lowest BCUT2D eigenvalue weighted by atomic mass is 10.0. The molecule has 2 heterocycles. The highest BCUT2D eigenvalue weighted by Gasteiger charge is 2.38. The first kappa shape index (κ1) is 23.8. The number of benzene rings is 1. The highest BCUT2D eigenvalue weighted by Crippen LogP contribution is 2.50. The van der Waals surface area contributed by atoms with Crippen LogP contribution in [0.4, 0.5) is 0 Å². The minimum absolute atomic E-state index is 0. The van der Waals surface area contributed by atoms with Gasteiger partial charge in [0.1, 0.15) is 17.7 Å². The monoisotopic (exact) mass is 649 g/mol. The number of hydrogen-bond acceptors (Lipinski definition) is 7. The van der Waals surface area contributed by atoms with Crippen molar-refractivity contribution in [1.29, 1.82) is 5.41 Å². The summed E-state index contributed by atoms with van der Waals surface area (Å²) >= 11 is 6.00. The van der Waals surface area contributed by atoms with E-state index in [4.69, 9.17) is 20.6 Å². The highest BCUT2D eigenvalue weighted by atomic mass is 127. The molecule has 11 heteroatoms. The maximum absolute atomic E-state index is 8.42. The van der Waals surface area contributed by atoms with Gasteiger partial charge in [-0.15, -0.1) is 12.4 Å². The van der Waals surface area contributed by atoms with Gasteiger partial charge in [-0.2, -0.15) is 0 Å². The van der Waals surface area contributed by atoms with Gasteiger partial charge >= 0.3 is 0 Å². The number of amidine groups is 2. The molecule has 3 rings (SSSR count). The van der Waals surface area contributed by atoms with Crippen LogP contribution in [-0.4, -0.2) is 43.2 Å². The summed E-state index contributed by atoms with van der Waals surface area (Å²) in [6, 6.07) is 0. The molecule has 1 aromatic rings. The van der Waals surface area contributed by atoms with Crippen LogP contribution >= 0.6 is 69.4 Å². The lowest BCUT2D eigenvalue weighted by molar-refractivity contribution is 0.391. The Kier molecular flexibility index (Phi) is 8.15. The third kappa shape index (κ3) is 3.82. The molecule has 7 nitrogen and oxygen atoms in total. The molecule has 0 spiro atoms. The number of aliphatic imine (C=N–C) groups is 1. The standard InChI is InChI=1S/C17H21I2N5O2S.ClH/c1-5-24(6-2)17-23-16(21)14(27-17)11-7-8(15(20)22-11)13(26-4)10(19)9(18)12(7)25-3;/h15,21-22H,5-6,20H2,1-4H3;1H/b14-11+,21-16?;. The van der Waals surface area contributed by atoms with Crippen LogP contribution in [0.5, 0.6) is 11.5 Å². The average molecular weight is 650 g/mol. The molecule has 0 saturated carbocycles. The van der Waals surface area contributed by atoms with Gasteiger partial charge in [0.15, 0.2) is 11.0 Å². The number of halogens is 3. The summed E-state index contributed by atoms with van der Waals surface area (Å²) in [7, 11) is 3.30. The molecular formula is C17H22ClI2N5O2S. The molecule has 0 aliphatic carbocycles. The number of methoxy groups -OCH3 is 2. The molecule has 154 valence electrons. The van der Waals surface area contributed by atoms with Crippen molar-refractivity contribution in [1.82, 2.24) is 10.2 Å². The first-order valence-electron chi connectivity index (χ1n) is 8.39. The second-order valence-corrected chi connectivity index (χ2v) is 8.96. The second kappa shape index (κ2) is 9.58. The van der Waals surface area contributed by atoms with Crippen LogP contribution in [0.3, 0.4) is 0 Å². The Morgan fingerprint density at radius 2 is 1.75 bits per heavy atom. The summed E-state index contributed by atoms with van der Waals surface area (Å²) in [5, 5.41) is 12.6. The van der Waals surface area contributed by atoms with E-state index < -0.39 is 6.17 Å². The van der Waals surface area contributed by atoms with Crippen LogP contribution in [-0.2, 0) is 0 Å². The van der Waals surface area contributed by atoms with E-state index >= 15 is 0 Å². The number of hydrogen-bond donors (Lipinski definition) is 3. The summed E-state index contributed by atoms with van der Waals surface area (Å²) in [5.74, 6) is 1.72. The van der Waals surface area contributed by atoms with E-state index in [0.29, 0.717) is 0 Å². The molecular weight excluding hydrogens is 628 g/mol. The van der Waals surface area contributed by atoms with Gasteiger partial charge in [0.25, 0.3) is 0 Å². The van der Waals surface area contributed by atoms with Gasteiger partial charge in [-0.3, -0.25) is 5.41 Å². The van der Waals surface area contributed by atoms with Gasteiger partial charge in [0, 0.05) is 18.7 Å². The number of rotatable bonds is 4. The highest BCUT2D eigenvalue weighted by molar-refractivity contribution is 14.1. The first-order chi connectivity index (χ1) is 12.9. The van der Waals surface area contributed by atoms with Crippen molar-refractivity contribution in [3.63, 3.8) is 0 Å². The summed E-state index contributed by atoms with van der Waals surface area (Å²) in [4.78, 5) is 7.36. The fourth-order valence-corrected chi connectivity index (χ4v) is 5.79. The Bertz CT molecular complexity index is 874. The van der Waals surface area contributed by atoms with Gasteiger partial charge in [0.05, 0.1) is 37.5 Å². The Hall–Kier alpha value is -0.440. The van der Waals surface area contributed by atoms with Gasteiger partial charge in [-0.1, -0.05) is 0 Å². The molecule has 4 N–H and O–H groups in total. The van der Waals surface area contributed by atoms with Crippen molar-refractivity contribution >= 4 is 86.1 Å². The molecule has 1 unspecified atom stereocenters. The van der Waals surface area contributed by atoms with Crippen LogP contribution in [0.1, 0.15) is 31.1 Å². The molecule has 1 atom stereocenters. The minimum Gasteiger partial charge on any atom is -0.495 e. The van der Waals surface area contributed by atoms with Crippen LogP contribution in [0.25, 0.3) is 5.70 Å². The van der Waals surface area contributed by atoms with Gasteiger partial charge in [-0.25, -0.2) is 4.99 Å². The average Bonchev–Trinajstić information content (AvgIpc) is 3.18. The number of ether oxygens (including phenoxy) is 2. The smallest absolute Gasteiger partial charge is 0.171 e. The number of thioether (sulfide) groups is 1. The predicted molar refractivity (Wildman–Crippen MR) is 135 cm³/mol. The van der Waals surface area contributed by atoms with Crippen molar-refractivity contribution in [3.05, 3.63) is 23.2 Å². The van der Waals surface area contributed by atoms with Crippen LogP contribution in [0, 0.1) is 12.5 Å². The summed E-state index contributed by atoms with van der Waals surface area (Å²) in [5.41, 5.74) is 8.89. The molecule has 0 fully saturated rings. The van der Waals surface area contributed by atoms with Crippen LogP contribution < -0.4 is 20.5 Å². The molecule has 1 aromatic carbocycles. The number of nitrogens with two attached hydrogens (primary N) is 1. The van der Waals surface area contributed by atoms with E-state index in [1.54, 1.807) is 14.2 Å². The Labute approximate surface area is 202 Å². The lowest BCUT2D eigenvalue weighted by Crippen LogP contribution is -2.27. The number of fused-ring (bicyclic) bond motifs is 1. The maximum Gasteiger partial charge on any atom is 0.171 e. The van der Waals surface area contributed by atoms with Crippen molar-refractivity contribution in [3.8, 4) is 11.5 Å². The lowest BCUT2D eigenvalue weighted by Gasteiger charge is -2.19. The topological polar surface area (TPSA) is 96.0 Å². The van der Waals surface area contributed by atoms with Gasteiger partial charge in [0.2, 0.25) is 0 Å². The van der Waals surface area contributed by atoms with Crippen molar-refractivity contribution in [2.45, 2.75) is 20.0 Å². The summed E-state index contributed by atoms with van der Waals surface area (Å²) < 4.78 is 13.3. The minimum atomic E-state index is -0.442. The quantitative estimate of drug-likeness (QED) is 0.428. The zero-order chi connectivity index (χ0) is 19.9. The van der Waals surface area contributed by atoms with E-state index in [1.165, 1.54) is 11.8 Å². The maximum atomic E-state index is 8.42. The number of nitrogens with zero attached hydrogens (tertiary/aromatic N) is 2. The fourth-order valence-electron chi connectivity index (χ4n) is 3.19. The van der Waals surface area contributed by atoms with Crippen molar-refractivity contribution < 1.29 is 9.47 Å². The normalized spacial score (nSPS) is 20.3. The zero-order valence-electron chi connectivity index (χ0n) is 15.9. The molecule has 0 radical (unpaired) electrons. The largest absolute Gasteiger partial charge is 0.495 e. The molecule has 0 bridgehead atoms. The van der Waals surface area contributed by atoms with E-state index in [2.05, 4.69) is 74.2 Å². The van der Waals surface area contributed by atoms with Crippen LogP contribution in [0.2, 0.25) is 0 Å². The zero-order valence-corrected chi connectivity index (χ0v) is 21.8. The van der Waals surface area contributed by atoms with E-state index in [-0.39, 0.29) is 18.2 Å². The molecule has 0 amide bonds. The van der Waals surface area contributed by atoms with Crippen LogP contribution in [0.15, 0.2) is 9.90 Å². The molecule has 0 saturated heterocycles. The summed E-state index contributed by atoms with van der Waals surface area (Å²) in [6.45, 7) is 5.85. The Morgan fingerprint density at radius 3 is 2.29 bits per heavy atom. The predicted octanol–water partition coefficient (Wildman–Crippen LogP) is 3.99.